The number of carbonyl (C=O) groups excluding carboxylic acids is 1. The fraction of sp³-hybridized carbons (Fsp3) is 0.636. The van der Waals surface area contributed by atoms with Crippen LogP contribution in [0.25, 0.3) is 11.5 Å². The van der Waals surface area contributed by atoms with Crippen molar-refractivity contribution in [3.63, 3.8) is 0 Å². The zero-order valence-electron chi connectivity index (χ0n) is 24.4. The maximum atomic E-state index is 14.2. The molecule has 2 aromatic heterocycles. The Labute approximate surface area is 241 Å². The minimum atomic E-state index is -1.08. The summed E-state index contributed by atoms with van der Waals surface area (Å²) < 4.78 is 11.6. The molecular weight excluding hydrogens is 516 g/mol. The highest BCUT2D eigenvalue weighted by molar-refractivity contribution is 5.95. The molecular formula is C33H42N4O4. The molecule has 3 aromatic rings. The standard InChI is InChI=1S/C33H42N4O4/c1-31(2,39)26-20-40-28(34-26)24-9-6-10-25(19-24)37(29(38)23-7-4-3-5-8-23)21-32-13-16-33(17-14-32,18-15-32)30-35-27(36-41-30)22-11-12-22/h6,9-10,19-20,22-23,39H,3-5,7-8,11-18,21H2,1-2H3. The zero-order valence-corrected chi connectivity index (χ0v) is 24.4. The molecule has 5 fully saturated rings. The number of hydrogen-bond donors (Lipinski definition) is 1. The van der Waals surface area contributed by atoms with Crippen molar-refractivity contribution in [2.24, 2.45) is 11.3 Å². The highest BCUT2D eigenvalue weighted by atomic mass is 16.5. The Bertz CT molecular complexity index is 1380. The van der Waals surface area contributed by atoms with Crippen LogP contribution in [-0.4, -0.2) is 32.7 Å². The first kappa shape index (κ1) is 26.9. The van der Waals surface area contributed by atoms with Gasteiger partial charge in [-0.15, -0.1) is 0 Å². The van der Waals surface area contributed by atoms with Crippen molar-refractivity contribution in [3.8, 4) is 11.5 Å². The molecule has 1 aromatic carbocycles. The number of aliphatic hydroxyl groups is 1. The number of oxazole rings is 1. The van der Waals surface area contributed by atoms with E-state index in [0.29, 0.717) is 17.5 Å². The number of rotatable bonds is 8. The van der Waals surface area contributed by atoms with Crippen molar-refractivity contribution in [1.82, 2.24) is 15.1 Å². The predicted molar refractivity (Wildman–Crippen MR) is 154 cm³/mol. The Hall–Kier alpha value is -3.00. The fourth-order valence-electron chi connectivity index (χ4n) is 7.47. The van der Waals surface area contributed by atoms with Gasteiger partial charge in [0, 0.05) is 35.0 Å². The van der Waals surface area contributed by atoms with Gasteiger partial charge in [0.2, 0.25) is 17.7 Å². The Kier molecular flexibility index (Phi) is 6.60. The quantitative estimate of drug-likeness (QED) is 0.316. The normalized spacial score (nSPS) is 26.8. The van der Waals surface area contributed by atoms with Gasteiger partial charge in [0.15, 0.2) is 5.82 Å². The molecule has 1 N–H and O–H groups in total. The second kappa shape index (κ2) is 10.1. The number of benzene rings is 1. The first-order valence-corrected chi connectivity index (χ1v) is 15.7. The molecule has 0 aliphatic heterocycles. The van der Waals surface area contributed by atoms with Crippen LogP contribution >= 0.6 is 0 Å². The number of fused-ring (bicyclic) bond motifs is 3. The maximum Gasteiger partial charge on any atom is 0.232 e. The van der Waals surface area contributed by atoms with E-state index in [-0.39, 0.29) is 22.7 Å². The molecule has 0 atom stereocenters. The molecule has 0 spiro atoms. The number of anilines is 1. The van der Waals surface area contributed by atoms with Crippen LogP contribution in [-0.2, 0) is 15.8 Å². The largest absolute Gasteiger partial charge is 0.444 e. The maximum absolute atomic E-state index is 14.2. The lowest BCUT2D eigenvalue weighted by molar-refractivity contribution is -0.124. The van der Waals surface area contributed by atoms with Crippen molar-refractivity contribution in [2.45, 2.75) is 114 Å². The molecule has 41 heavy (non-hydrogen) atoms. The van der Waals surface area contributed by atoms with Crippen LogP contribution in [0.15, 0.2) is 39.5 Å². The van der Waals surface area contributed by atoms with E-state index in [1.165, 1.54) is 25.5 Å². The lowest BCUT2D eigenvalue weighted by Gasteiger charge is -2.53. The first-order chi connectivity index (χ1) is 19.7. The molecule has 5 saturated carbocycles. The number of amides is 1. The van der Waals surface area contributed by atoms with E-state index in [1.807, 2.05) is 18.2 Å². The number of carbonyl (C=O) groups is 1. The molecule has 0 saturated heterocycles. The van der Waals surface area contributed by atoms with Gasteiger partial charge in [-0.1, -0.05) is 30.5 Å². The van der Waals surface area contributed by atoms with Gasteiger partial charge in [0.25, 0.3) is 0 Å². The molecule has 218 valence electrons. The molecule has 8 nitrogen and oxygen atoms in total. The molecule has 5 aliphatic rings. The molecule has 8 heteroatoms. The van der Waals surface area contributed by atoms with Crippen molar-refractivity contribution in [3.05, 3.63) is 47.9 Å². The molecule has 5 aliphatic carbocycles. The van der Waals surface area contributed by atoms with E-state index in [4.69, 9.17) is 13.9 Å². The summed E-state index contributed by atoms with van der Waals surface area (Å²) in [5.74, 6) is 3.06. The minimum Gasteiger partial charge on any atom is -0.444 e. The van der Waals surface area contributed by atoms with E-state index < -0.39 is 5.60 Å². The molecule has 0 unspecified atom stereocenters. The highest BCUT2D eigenvalue weighted by Crippen LogP contribution is 2.58. The van der Waals surface area contributed by atoms with Crippen molar-refractivity contribution >= 4 is 11.6 Å². The number of nitrogens with zero attached hydrogens (tertiary/aromatic N) is 4. The molecule has 0 radical (unpaired) electrons. The Morgan fingerprint density at radius 1 is 1.02 bits per heavy atom. The summed E-state index contributed by atoms with van der Waals surface area (Å²) >= 11 is 0. The Morgan fingerprint density at radius 2 is 1.76 bits per heavy atom. The summed E-state index contributed by atoms with van der Waals surface area (Å²) in [5, 5.41) is 14.7. The SMILES string of the molecule is CC(C)(O)c1coc(-c2cccc(N(CC34CCC(c5nc(C6CC6)no5)(CC3)CC4)C(=O)C3CCCCC3)c2)n1. The van der Waals surface area contributed by atoms with Gasteiger partial charge >= 0.3 is 0 Å². The average molecular weight is 559 g/mol. The van der Waals surface area contributed by atoms with Gasteiger partial charge in [0.05, 0.1) is 0 Å². The van der Waals surface area contributed by atoms with E-state index in [9.17, 15) is 9.90 Å². The zero-order chi connectivity index (χ0) is 28.2. The van der Waals surface area contributed by atoms with Gasteiger partial charge in [-0.25, -0.2) is 4.98 Å². The third-order valence-electron chi connectivity index (χ3n) is 10.5. The van der Waals surface area contributed by atoms with Gasteiger partial charge in [-0.3, -0.25) is 4.79 Å². The van der Waals surface area contributed by atoms with Crippen LogP contribution in [0.2, 0.25) is 0 Å². The van der Waals surface area contributed by atoms with E-state index in [1.54, 1.807) is 13.8 Å². The third kappa shape index (κ3) is 5.13. The summed E-state index contributed by atoms with van der Waals surface area (Å²) in [6, 6.07) is 8.03. The fourth-order valence-corrected chi connectivity index (χ4v) is 7.47. The van der Waals surface area contributed by atoms with Crippen LogP contribution in [0.4, 0.5) is 5.69 Å². The summed E-state index contributed by atoms with van der Waals surface area (Å²) in [6.07, 6.45) is 15.6. The van der Waals surface area contributed by atoms with Crippen LogP contribution in [0.1, 0.15) is 121 Å². The number of hydrogen-bond acceptors (Lipinski definition) is 7. The smallest absolute Gasteiger partial charge is 0.232 e. The van der Waals surface area contributed by atoms with Gasteiger partial charge < -0.3 is 18.9 Å². The highest BCUT2D eigenvalue weighted by Gasteiger charge is 2.53. The van der Waals surface area contributed by atoms with E-state index in [0.717, 1.165) is 93.7 Å². The second-order valence-corrected chi connectivity index (χ2v) is 13.9. The lowest BCUT2D eigenvalue weighted by atomic mass is 9.53. The van der Waals surface area contributed by atoms with E-state index in [2.05, 4.69) is 21.1 Å². The number of aromatic nitrogens is 3. The Balaban J connectivity index is 1.15. The van der Waals surface area contributed by atoms with Crippen LogP contribution < -0.4 is 4.90 Å². The second-order valence-electron chi connectivity index (χ2n) is 13.9. The third-order valence-corrected chi connectivity index (χ3v) is 10.5. The molecule has 2 bridgehead atoms. The van der Waals surface area contributed by atoms with Gasteiger partial charge in [-0.2, -0.15) is 4.98 Å². The first-order valence-electron chi connectivity index (χ1n) is 15.7. The Morgan fingerprint density at radius 3 is 2.41 bits per heavy atom. The van der Waals surface area contributed by atoms with Crippen LogP contribution in [0.3, 0.4) is 0 Å². The van der Waals surface area contributed by atoms with Crippen molar-refractivity contribution in [1.29, 1.82) is 0 Å². The molecule has 8 rings (SSSR count). The minimum absolute atomic E-state index is 0.00314. The van der Waals surface area contributed by atoms with Gasteiger partial charge in [-0.05, 0) is 102 Å². The average Bonchev–Trinajstić information content (AvgIpc) is 3.49. The van der Waals surface area contributed by atoms with Gasteiger partial charge in [0.1, 0.15) is 17.6 Å². The summed E-state index contributed by atoms with van der Waals surface area (Å²) in [5.41, 5.74) is 1.22. The van der Waals surface area contributed by atoms with Crippen molar-refractivity contribution < 1.29 is 18.8 Å². The van der Waals surface area contributed by atoms with E-state index >= 15 is 0 Å². The van der Waals surface area contributed by atoms with Crippen LogP contribution in [0, 0.1) is 11.3 Å². The van der Waals surface area contributed by atoms with Crippen molar-refractivity contribution in [2.75, 3.05) is 11.4 Å². The monoisotopic (exact) mass is 558 g/mol. The summed E-state index contributed by atoms with van der Waals surface area (Å²) in [4.78, 5) is 25.7. The summed E-state index contributed by atoms with van der Waals surface area (Å²) in [7, 11) is 0. The molecule has 2 heterocycles. The molecule has 1 amide bonds. The predicted octanol–water partition coefficient (Wildman–Crippen LogP) is 7.03. The van der Waals surface area contributed by atoms with Crippen LogP contribution in [0.5, 0.6) is 0 Å². The lowest BCUT2D eigenvalue weighted by Crippen LogP contribution is -2.51. The summed E-state index contributed by atoms with van der Waals surface area (Å²) in [6.45, 7) is 4.13. The topological polar surface area (TPSA) is 105 Å².